The Hall–Kier alpha value is -2.50. The second-order valence-electron chi connectivity index (χ2n) is 5.59. The summed E-state index contributed by atoms with van der Waals surface area (Å²) in [7, 11) is -0.646. The minimum Gasteiger partial charge on any atom is -0.266 e. The lowest BCUT2D eigenvalue weighted by Gasteiger charge is -2.13. The maximum atomic E-state index is 12.3. The number of rotatable bonds is 4. The molecule has 0 radical (unpaired) electrons. The molecule has 126 valence electrons. The fraction of sp³-hybridized carbons (Fsp3) is 0.312. The predicted molar refractivity (Wildman–Crippen MR) is 89.1 cm³/mol. The summed E-state index contributed by atoms with van der Waals surface area (Å²) < 4.78 is 26.7. The molecular formula is C16H18N4O3S. The van der Waals surface area contributed by atoms with Crippen molar-refractivity contribution in [2.45, 2.75) is 25.3 Å². The molecule has 0 saturated heterocycles. The molecule has 0 bridgehead atoms. The molecule has 0 amide bonds. The Balaban J connectivity index is 2.50. The first-order valence-corrected chi connectivity index (χ1v) is 8.62. The van der Waals surface area contributed by atoms with Crippen LogP contribution in [0.5, 0.6) is 0 Å². The molecule has 0 aliphatic carbocycles. The Morgan fingerprint density at radius 1 is 1.29 bits per heavy atom. The largest absolute Gasteiger partial charge is 0.285 e. The van der Waals surface area contributed by atoms with Crippen LogP contribution in [0.25, 0.3) is 0 Å². The van der Waals surface area contributed by atoms with Crippen molar-refractivity contribution in [3.05, 3.63) is 57.0 Å². The van der Waals surface area contributed by atoms with Gasteiger partial charge in [0.15, 0.2) is 0 Å². The molecule has 7 nitrogen and oxygen atoms in total. The van der Waals surface area contributed by atoms with Gasteiger partial charge in [0.05, 0.1) is 17.1 Å². The summed E-state index contributed by atoms with van der Waals surface area (Å²) in [5.74, 6) is 0. The third kappa shape index (κ3) is 3.22. The van der Waals surface area contributed by atoms with Crippen LogP contribution in [-0.4, -0.2) is 36.6 Å². The van der Waals surface area contributed by atoms with E-state index in [-0.39, 0.29) is 17.0 Å². The number of hydrogen-bond acceptors (Lipinski definition) is 5. The minimum absolute atomic E-state index is 0.0552. The van der Waals surface area contributed by atoms with Crippen molar-refractivity contribution < 1.29 is 8.42 Å². The molecule has 0 fully saturated rings. The Morgan fingerprint density at radius 3 is 2.54 bits per heavy atom. The zero-order valence-electron chi connectivity index (χ0n) is 13.9. The van der Waals surface area contributed by atoms with E-state index in [1.165, 1.54) is 30.9 Å². The summed E-state index contributed by atoms with van der Waals surface area (Å²) >= 11 is 0. The molecule has 1 aromatic carbocycles. The van der Waals surface area contributed by atoms with Gasteiger partial charge in [0.2, 0.25) is 10.0 Å². The van der Waals surface area contributed by atoms with E-state index in [1.807, 2.05) is 6.07 Å². The number of aromatic nitrogens is 2. The van der Waals surface area contributed by atoms with Gasteiger partial charge in [-0.05, 0) is 37.1 Å². The SMILES string of the molecule is Cc1nn(Cc2cccc(S(=O)(=O)N(C)C)c2)c(=O)c(C#N)c1C. The molecule has 0 aliphatic heterocycles. The molecule has 0 unspecified atom stereocenters. The van der Waals surface area contributed by atoms with Crippen molar-refractivity contribution in [1.29, 1.82) is 5.26 Å². The van der Waals surface area contributed by atoms with Crippen LogP contribution < -0.4 is 5.56 Å². The second kappa shape index (κ2) is 6.55. The number of sulfonamides is 1. The van der Waals surface area contributed by atoms with Crippen LogP contribution in [0.15, 0.2) is 34.0 Å². The normalized spacial score (nSPS) is 11.5. The van der Waals surface area contributed by atoms with Crippen LogP contribution in [0.1, 0.15) is 22.4 Å². The highest BCUT2D eigenvalue weighted by molar-refractivity contribution is 7.89. The highest BCUT2D eigenvalue weighted by atomic mass is 32.2. The van der Waals surface area contributed by atoms with Gasteiger partial charge in [-0.25, -0.2) is 17.4 Å². The van der Waals surface area contributed by atoms with Gasteiger partial charge in [-0.2, -0.15) is 10.4 Å². The second-order valence-corrected chi connectivity index (χ2v) is 7.75. The highest BCUT2D eigenvalue weighted by Crippen LogP contribution is 2.15. The van der Waals surface area contributed by atoms with Crippen molar-refractivity contribution in [3.8, 4) is 6.07 Å². The topological polar surface area (TPSA) is 96.1 Å². The van der Waals surface area contributed by atoms with Crippen LogP contribution in [0.3, 0.4) is 0 Å². The quantitative estimate of drug-likeness (QED) is 0.824. The molecule has 1 heterocycles. The Bertz CT molecular complexity index is 985. The van der Waals surface area contributed by atoms with Crippen molar-refractivity contribution in [2.75, 3.05) is 14.1 Å². The predicted octanol–water partition coefficient (Wildman–Crippen LogP) is 1.03. The number of aryl methyl sites for hydroxylation is 1. The Morgan fingerprint density at radius 2 is 1.96 bits per heavy atom. The van der Waals surface area contributed by atoms with E-state index in [0.29, 0.717) is 16.8 Å². The molecule has 1 aromatic heterocycles. The summed E-state index contributed by atoms with van der Waals surface area (Å²) in [6, 6.07) is 8.23. The van der Waals surface area contributed by atoms with Crippen molar-refractivity contribution in [2.24, 2.45) is 0 Å². The lowest BCUT2D eigenvalue weighted by Crippen LogP contribution is -2.28. The van der Waals surface area contributed by atoms with E-state index >= 15 is 0 Å². The zero-order chi connectivity index (χ0) is 18.1. The van der Waals surface area contributed by atoms with Gasteiger partial charge in [-0.1, -0.05) is 12.1 Å². The maximum Gasteiger partial charge on any atom is 0.285 e. The molecule has 2 rings (SSSR count). The molecule has 8 heteroatoms. The van der Waals surface area contributed by atoms with E-state index in [2.05, 4.69) is 5.10 Å². The number of hydrogen-bond donors (Lipinski definition) is 0. The highest BCUT2D eigenvalue weighted by Gasteiger charge is 2.18. The van der Waals surface area contributed by atoms with E-state index < -0.39 is 15.6 Å². The summed E-state index contributed by atoms with van der Waals surface area (Å²) in [6.45, 7) is 3.49. The fourth-order valence-corrected chi connectivity index (χ4v) is 3.17. The van der Waals surface area contributed by atoms with Crippen LogP contribution >= 0.6 is 0 Å². The molecule has 0 spiro atoms. The average Bonchev–Trinajstić information content (AvgIpc) is 2.53. The lowest BCUT2D eigenvalue weighted by atomic mass is 10.1. The van der Waals surface area contributed by atoms with E-state index in [4.69, 9.17) is 5.26 Å². The zero-order valence-corrected chi connectivity index (χ0v) is 14.8. The third-order valence-electron chi connectivity index (χ3n) is 3.76. The first-order chi connectivity index (χ1) is 11.2. The molecule has 0 N–H and O–H groups in total. The number of nitriles is 1. The van der Waals surface area contributed by atoms with Gasteiger partial charge in [0, 0.05) is 14.1 Å². The summed E-state index contributed by atoms with van der Waals surface area (Å²) in [5, 5.41) is 13.3. The smallest absolute Gasteiger partial charge is 0.266 e. The summed E-state index contributed by atoms with van der Waals surface area (Å²) in [5.41, 5.74) is 1.33. The van der Waals surface area contributed by atoms with Gasteiger partial charge in [-0.15, -0.1) is 0 Å². The fourth-order valence-electron chi connectivity index (χ4n) is 2.20. The van der Waals surface area contributed by atoms with Crippen LogP contribution in [-0.2, 0) is 16.6 Å². The van der Waals surface area contributed by atoms with Gasteiger partial charge in [0.25, 0.3) is 5.56 Å². The number of benzene rings is 1. The van der Waals surface area contributed by atoms with Gasteiger partial charge < -0.3 is 0 Å². The molecule has 0 aliphatic rings. The molecule has 24 heavy (non-hydrogen) atoms. The molecule has 0 atom stereocenters. The Kier molecular flexibility index (Phi) is 4.87. The van der Waals surface area contributed by atoms with E-state index in [9.17, 15) is 13.2 Å². The van der Waals surface area contributed by atoms with Gasteiger partial charge in [0.1, 0.15) is 11.6 Å². The van der Waals surface area contributed by atoms with Crippen molar-refractivity contribution in [1.82, 2.24) is 14.1 Å². The summed E-state index contributed by atoms with van der Waals surface area (Å²) in [6.07, 6.45) is 0. The van der Waals surface area contributed by atoms with E-state index in [1.54, 1.807) is 26.0 Å². The van der Waals surface area contributed by atoms with Gasteiger partial charge in [-0.3, -0.25) is 4.79 Å². The monoisotopic (exact) mass is 346 g/mol. The molecule has 0 saturated carbocycles. The first kappa shape index (κ1) is 17.8. The van der Waals surface area contributed by atoms with Gasteiger partial charge >= 0.3 is 0 Å². The standard InChI is InChI=1S/C16H18N4O3S/c1-11-12(2)18-20(16(21)15(11)9-17)10-13-6-5-7-14(8-13)24(22,23)19(3)4/h5-8H,10H2,1-4H3. The van der Waals surface area contributed by atoms with Crippen LogP contribution in [0.2, 0.25) is 0 Å². The van der Waals surface area contributed by atoms with Crippen LogP contribution in [0, 0.1) is 25.2 Å². The summed E-state index contributed by atoms with van der Waals surface area (Å²) in [4.78, 5) is 12.5. The molecular weight excluding hydrogens is 328 g/mol. The van der Waals surface area contributed by atoms with Crippen LogP contribution in [0.4, 0.5) is 0 Å². The third-order valence-corrected chi connectivity index (χ3v) is 5.57. The molecule has 2 aromatic rings. The van der Waals surface area contributed by atoms with Crippen molar-refractivity contribution >= 4 is 10.0 Å². The van der Waals surface area contributed by atoms with E-state index in [0.717, 1.165) is 4.31 Å². The lowest BCUT2D eigenvalue weighted by molar-refractivity contribution is 0.520. The first-order valence-electron chi connectivity index (χ1n) is 7.18. The Labute approximate surface area is 140 Å². The maximum absolute atomic E-state index is 12.3. The average molecular weight is 346 g/mol. The number of nitrogens with zero attached hydrogens (tertiary/aromatic N) is 4. The van der Waals surface area contributed by atoms with Crippen molar-refractivity contribution in [3.63, 3.8) is 0 Å². The minimum atomic E-state index is -3.56.